The molecule has 4 rings (SSSR count). The molecule has 1 saturated heterocycles. The van der Waals surface area contributed by atoms with Crippen molar-refractivity contribution in [3.05, 3.63) is 53.3 Å². The number of likely N-dealkylation sites (tertiary alicyclic amines) is 1. The number of aryl methyl sites for hydroxylation is 2. The lowest BCUT2D eigenvalue weighted by Gasteiger charge is -2.33. The SMILES string of the molecule is Cc1cc(C)n2nc(S[C@@H](C)C(=O)N3CCC(Cc4ccccc4)CC3)nc2n1. The van der Waals surface area contributed by atoms with Crippen LogP contribution in [0.25, 0.3) is 5.78 Å². The van der Waals surface area contributed by atoms with Gasteiger partial charge in [0, 0.05) is 24.5 Å². The number of piperidine rings is 1. The number of hydrogen-bond donors (Lipinski definition) is 0. The number of amides is 1. The minimum Gasteiger partial charge on any atom is -0.342 e. The van der Waals surface area contributed by atoms with Gasteiger partial charge in [0.2, 0.25) is 11.1 Å². The Hall–Kier alpha value is -2.41. The van der Waals surface area contributed by atoms with Crippen molar-refractivity contribution < 1.29 is 4.79 Å². The Morgan fingerprint density at radius 2 is 1.90 bits per heavy atom. The fraction of sp³-hybridized carbons (Fsp3) is 0.455. The molecule has 0 aliphatic carbocycles. The highest BCUT2D eigenvalue weighted by atomic mass is 32.2. The van der Waals surface area contributed by atoms with Gasteiger partial charge in [-0.1, -0.05) is 42.1 Å². The van der Waals surface area contributed by atoms with Crippen LogP contribution in [0.15, 0.2) is 41.6 Å². The normalized spacial score (nSPS) is 16.3. The van der Waals surface area contributed by atoms with Gasteiger partial charge in [-0.05, 0) is 57.6 Å². The van der Waals surface area contributed by atoms with Crippen LogP contribution in [0.2, 0.25) is 0 Å². The van der Waals surface area contributed by atoms with Gasteiger partial charge in [-0.25, -0.2) is 9.50 Å². The van der Waals surface area contributed by atoms with E-state index in [1.54, 1.807) is 4.52 Å². The molecule has 6 nitrogen and oxygen atoms in total. The van der Waals surface area contributed by atoms with E-state index in [9.17, 15) is 4.79 Å². The summed E-state index contributed by atoms with van der Waals surface area (Å²) in [6.45, 7) is 7.54. The zero-order chi connectivity index (χ0) is 20.4. The molecule has 1 amide bonds. The molecule has 0 unspecified atom stereocenters. The van der Waals surface area contributed by atoms with Gasteiger partial charge < -0.3 is 4.90 Å². The van der Waals surface area contributed by atoms with Gasteiger partial charge in [0.15, 0.2) is 0 Å². The third-order valence-corrected chi connectivity index (χ3v) is 6.46. The summed E-state index contributed by atoms with van der Waals surface area (Å²) in [5, 5.41) is 4.91. The molecule has 0 N–H and O–H groups in total. The predicted octanol–water partition coefficient (Wildman–Crippen LogP) is 3.70. The summed E-state index contributed by atoms with van der Waals surface area (Å²) in [5.74, 6) is 1.42. The van der Waals surface area contributed by atoms with E-state index in [4.69, 9.17) is 0 Å². The van der Waals surface area contributed by atoms with E-state index in [2.05, 4.69) is 45.4 Å². The zero-order valence-electron chi connectivity index (χ0n) is 17.2. The number of nitrogens with zero attached hydrogens (tertiary/aromatic N) is 5. The molecule has 1 fully saturated rings. The lowest BCUT2D eigenvalue weighted by molar-refractivity contribution is -0.131. The number of benzene rings is 1. The van der Waals surface area contributed by atoms with Crippen molar-refractivity contribution in [2.24, 2.45) is 5.92 Å². The number of carbonyl (C=O) groups is 1. The Balaban J connectivity index is 1.33. The molecule has 29 heavy (non-hydrogen) atoms. The summed E-state index contributed by atoms with van der Waals surface area (Å²) in [6.07, 6.45) is 3.23. The fourth-order valence-electron chi connectivity index (χ4n) is 3.97. The molecule has 3 heterocycles. The molecule has 3 aromatic rings. The molecule has 0 radical (unpaired) electrons. The Morgan fingerprint density at radius 3 is 2.62 bits per heavy atom. The topological polar surface area (TPSA) is 63.4 Å². The van der Waals surface area contributed by atoms with E-state index >= 15 is 0 Å². The Morgan fingerprint density at radius 1 is 1.17 bits per heavy atom. The maximum Gasteiger partial charge on any atom is 0.253 e. The minimum atomic E-state index is -0.209. The summed E-state index contributed by atoms with van der Waals surface area (Å²) >= 11 is 1.41. The Kier molecular flexibility index (Phi) is 5.85. The average Bonchev–Trinajstić information content (AvgIpc) is 3.11. The molecule has 0 saturated carbocycles. The van der Waals surface area contributed by atoms with E-state index in [-0.39, 0.29) is 11.2 Å². The molecule has 1 atom stereocenters. The van der Waals surface area contributed by atoms with Crippen molar-refractivity contribution in [2.75, 3.05) is 13.1 Å². The molecule has 1 aliphatic rings. The van der Waals surface area contributed by atoms with E-state index in [1.807, 2.05) is 31.7 Å². The van der Waals surface area contributed by atoms with Gasteiger partial charge in [-0.2, -0.15) is 4.98 Å². The van der Waals surface area contributed by atoms with Crippen molar-refractivity contribution in [1.29, 1.82) is 0 Å². The second-order valence-corrected chi connectivity index (χ2v) is 9.17. The van der Waals surface area contributed by atoms with Crippen LogP contribution >= 0.6 is 11.8 Å². The molecule has 7 heteroatoms. The second kappa shape index (κ2) is 8.53. The molecular formula is C22H27N5OS. The first-order valence-electron chi connectivity index (χ1n) is 10.2. The van der Waals surface area contributed by atoms with Crippen LogP contribution in [-0.2, 0) is 11.2 Å². The summed E-state index contributed by atoms with van der Waals surface area (Å²) in [5.41, 5.74) is 3.30. The number of hydrogen-bond acceptors (Lipinski definition) is 5. The van der Waals surface area contributed by atoms with Crippen LogP contribution in [-0.4, -0.2) is 48.7 Å². The first-order chi connectivity index (χ1) is 14.0. The van der Waals surface area contributed by atoms with Gasteiger partial charge in [-0.3, -0.25) is 4.79 Å². The summed E-state index contributed by atoms with van der Waals surface area (Å²) in [6, 6.07) is 12.6. The van der Waals surface area contributed by atoms with Gasteiger partial charge in [-0.15, -0.1) is 5.10 Å². The summed E-state index contributed by atoms with van der Waals surface area (Å²) in [4.78, 5) is 23.8. The average molecular weight is 410 g/mol. The lowest BCUT2D eigenvalue weighted by Crippen LogP contribution is -2.42. The molecule has 0 bridgehead atoms. The zero-order valence-corrected chi connectivity index (χ0v) is 18.0. The van der Waals surface area contributed by atoms with Crippen molar-refractivity contribution in [3.63, 3.8) is 0 Å². The number of aromatic nitrogens is 4. The van der Waals surface area contributed by atoms with Crippen LogP contribution in [0.5, 0.6) is 0 Å². The van der Waals surface area contributed by atoms with Gasteiger partial charge >= 0.3 is 0 Å². The molecule has 1 aliphatic heterocycles. The fourth-order valence-corrected chi connectivity index (χ4v) is 4.80. The number of thioether (sulfide) groups is 1. The van der Waals surface area contributed by atoms with Gasteiger partial charge in [0.1, 0.15) is 0 Å². The highest BCUT2D eigenvalue weighted by Crippen LogP contribution is 2.26. The van der Waals surface area contributed by atoms with Crippen molar-refractivity contribution in [3.8, 4) is 0 Å². The largest absolute Gasteiger partial charge is 0.342 e. The Bertz CT molecular complexity index is 995. The smallest absolute Gasteiger partial charge is 0.253 e. The monoisotopic (exact) mass is 409 g/mol. The Labute approximate surface area is 175 Å². The first kappa shape index (κ1) is 19.9. The minimum absolute atomic E-state index is 0.174. The van der Waals surface area contributed by atoms with Crippen molar-refractivity contribution >= 4 is 23.4 Å². The van der Waals surface area contributed by atoms with Crippen LogP contribution in [0.1, 0.15) is 36.7 Å². The highest BCUT2D eigenvalue weighted by Gasteiger charge is 2.27. The van der Waals surface area contributed by atoms with Crippen LogP contribution in [0, 0.1) is 19.8 Å². The number of rotatable bonds is 5. The first-order valence-corrected chi connectivity index (χ1v) is 11.1. The van der Waals surface area contributed by atoms with Crippen LogP contribution in [0.3, 0.4) is 0 Å². The third-order valence-electron chi connectivity index (χ3n) is 5.52. The van der Waals surface area contributed by atoms with E-state index in [1.165, 1.54) is 17.3 Å². The highest BCUT2D eigenvalue weighted by molar-refractivity contribution is 8.00. The van der Waals surface area contributed by atoms with E-state index in [0.717, 1.165) is 43.7 Å². The summed E-state index contributed by atoms with van der Waals surface area (Å²) < 4.78 is 1.74. The van der Waals surface area contributed by atoms with Crippen LogP contribution in [0.4, 0.5) is 0 Å². The van der Waals surface area contributed by atoms with E-state index < -0.39 is 0 Å². The standard InChI is InChI=1S/C22H27N5OS/c1-15-13-16(2)27-21(23-15)24-22(25-27)29-17(3)20(28)26-11-9-19(10-12-26)14-18-7-5-4-6-8-18/h4-8,13,17,19H,9-12,14H2,1-3H3/t17-/m0/s1. The molecule has 0 spiro atoms. The maximum absolute atomic E-state index is 12.9. The van der Waals surface area contributed by atoms with Gasteiger partial charge in [0.05, 0.1) is 5.25 Å². The predicted molar refractivity (Wildman–Crippen MR) is 115 cm³/mol. The van der Waals surface area contributed by atoms with E-state index in [0.29, 0.717) is 16.9 Å². The van der Waals surface area contributed by atoms with Gasteiger partial charge in [0.25, 0.3) is 5.78 Å². The molecule has 1 aromatic carbocycles. The molecular weight excluding hydrogens is 382 g/mol. The number of carbonyl (C=O) groups excluding carboxylic acids is 1. The lowest BCUT2D eigenvalue weighted by atomic mass is 9.90. The summed E-state index contributed by atoms with van der Waals surface area (Å²) in [7, 11) is 0. The third kappa shape index (κ3) is 4.61. The maximum atomic E-state index is 12.9. The molecule has 2 aromatic heterocycles. The second-order valence-electron chi connectivity index (χ2n) is 7.86. The van der Waals surface area contributed by atoms with Crippen LogP contribution < -0.4 is 0 Å². The number of fused-ring (bicyclic) bond motifs is 1. The molecule has 152 valence electrons. The van der Waals surface area contributed by atoms with Crippen molar-refractivity contribution in [1.82, 2.24) is 24.5 Å². The quantitative estimate of drug-likeness (QED) is 0.601. The van der Waals surface area contributed by atoms with Crippen molar-refractivity contribution in [2.45, 2.75) is 50.4 Å².